The summed E-state index contributed by atoms with van der Waals surface area (Å²) in [5.41, 5.74) is 5.03. The molecule has 1 rings (SSSR count). The zero-order valence-electron chi connectivity index (χ0n) is 14.0. The molecule has 5 nitrogen and oxygen atoms in total. The molecular weight excluding hydrogens is 268 g/mol. The third kappa shape index (κ3) is 4.76. The molecule has 0 bridgehead atoms. The SMILES string of the molecule is CC1(CNC(=O)OC(C)(C)C)C/C(=C/N)C(=O)C(C)(C)C1. The summed E-state index contributed by atoms with van der Waals surface area (Å²) < 4.78 is 5.24. The van der Waals surface area contributed by atoms with E-state index in [4.69, 9.17) is 10.5 Å². The summed E-state index contributed by atoms with van der Waals surface area (Å²) in [5.74, 6) is 0.0970. The van der Waals surface area contributed by atoms with Crippen molar-refractivity contribution in [2.24, 2.45) is 16.6 Å². The Balaban J connectivity index is 2.74. The van der Waals surface area contributed by atoms with Crippen LogP contribution >= 0.6 is 0 Å². The van der Waals surface area contributed by atoms with E-state index in [0.29, 0.717) is 25.0 Å². The highest BCUT2D eigenvalue weighted by molar-refractivity contribution is 6.00. The fourth-order valence-electron chi connectivity index (χ4n) is 3.04. The van der Waals surface area contributed by atoms with Crippen LogP contribution in [-0.2, 0) is 9.53 Å². The van der Waals surface area contributed by atoms with Gasteiger partial charge in [-0.3, -0.25) is 4.79 Å². The Morgan fingerprint density at radius 2 is 1.95 bits per heavy atom. The van der Waals surface area contributed by atoms with Crippen LogP contribution in [-0.4, -0.2) is 24.0 Å². The second-order valence-electron chi connectivity index (χ2n) is 7.92. The number of nitrogens with two attached hydrogens (primary N) is 1. The van der Waals surface area contributed by atoms with E-state index in [1.165, 1.54) is 6.20 Å². The highest BCUT2D eigenvalue weighted by atomic mass is 16.6. The number of carbonyl (C=O) groups is 2. The first kappa shape index (κ1) is 17.5. The number of rotatable bonds is 2. The summed E-state index contributed by atoms with van der Waals surface area (Å²) in [4.78, 5) is 24.0. The number of allylic oxidation sites excluding steroid dienone is 1. The lowest BCUT2D eigenvalue weighted by Gasteiger charge is -2.42. The number of hydrogen-bond donors (Lipinski definition) is 2. The molecule has 0 radical (unpaired) electrons. The lowest BCUT2D eigenvalue weighted by atomic mass is 9.62. The van der Waals surface area contributed by atoms with Gasteiger partial charge >= 0.3 is 6.09 Å². The summed E-state index contributed by atoms with van der Waals surface area (Å²) in [6.07, 6.45) is 2.24. The Morgan fingerprint density at radius 3 is 2.43 bits per heavy atom. The number of Topliss-reactive ketones (excluding diaryl/α,β-unsaturated/α-hetero) is 1. The summed E-state index contributed by atoms with van der Waals surface area (Å²) in [6, 6.07) is 0. The van der Waals surface area contributed by atoms with E-state index in [1.54, 1.807) is 0 Å². The van der Waals surface area contributed by atoms with Crippen molar-refractivity contribution in [3.8, 4) is 0 Å². The van der Waals surface area contributed by atoms with Gasteiger partial charge in [0.1, 0.15) is 5.60 Å². The molecule has 0 heterocycles. The van der Waals surface area contributed by atoms with Crippen molar-refractivity contribution >= 4 is 11.9 Å². The molecule has 1 atom stereocenters. The van der Waals surface area contributed by atoms with E-state index in [-0.39, 0.29) is 11.2 Å². The number of carbonyl (C=O) groups excluding carboxylic acids is 2. The Bertz CT molecular complexity index is 461. The van der Waals surface area contributed by atoms with Crippen molar-refractivity contribution in [1.29, 1.82) is 0 Å². The Morgan fingerprint density at radius 1 is 1.38 bits per heavy atom. The molecule has 5 heteroatoms. The fraction of sp³-hybridized carbons (Fsp3) is 0.750. The van der Waals surface area contributed by atoms with Crippen molar-refractivity contribution in [2.45, 2.75) is 60.0 Å². The molecule has 0 aromatic carbocycles. The van der Waals surface area contributed by atoms with E-state index < -0.39 is 17.1 Å². The molecule has 3 N–H and O–H groups in total. The minimum Gasteiger partial charge on any atom is -0.444 e. The van der Waals surface area contributed by atoms with Gasteiger partial charge in [0.15, 0.2) is 5.78 Å². The molecule has 1 amide bonds. The zero-order chi connectivity index (χ0) is 16.5. The van der Waals surface area contributed by atoms with Crippen LogP contribution in [0.1, 0.15) is 54.4 Å². The quantitative estimate of drug-likeness (QED) is 0.768. The third-order valence-electron chi connectivity index (χ3n) is 3.65. The van der Waals surface area contributed by atoms with Gasteiger partial charge in [0.2, 0.25) is 0 Å². The van der Waals surface area contributed by atoms with Crippen LogP contribution in [0, 0.1) is 10.8 Å². The van der Waals surface area contributed by atoms with Gasteiger partial charge in [0, 0.05) is 23.7 Å². The van der Waals surface area contributed by atoms with Crippen LogP contribution in [0.3, 0.4) is 0 Å². The Labute approximate surface area is 127 Å². The van der Waals surface area contributed by atoms with E-state index in [9.17, 15) is 9.59 Å². The van der Waals surface area contributed by atoms with Crippen LogP contribution in [0.4, 0.5) is 4.79 Å². The van der Waals surface area contributed by atoms with Crippen molar-refractivity contribution < 1.29 is 14.3 Å². The molecule has 0 aliphatic heterocycles. The van der Waals surface area contributed by atoms with Crippen molar-refractivity contribution in [1.82, 2.24) is 5.32 Å². The highest BCUT2D eigenvalue weighted by Crippen LogP contribution is 2.45. The minimum atomic E-state index is -0.519. The number of nitrogens with one attached hydrogen (secondary N) is 1. The Kier molecular flexibility index (Phi) is 4.76. The van der Waals surface area contributed by atoms with Gasteiger partial charge in [-0.25, -0.2) is 4.79 Å². The largest absolute Gasteiger partial charge is 0.444 e. The predicted molar refractivity (Wildman–Crippen MR) is 82.6 cm³/mol. The summed E-state index contributed by atoms with van der Waals surface area (Å²) in [6.45, 7) is 11.8. The maximum atomic E-state index is 12.2. The second-order valence-corrected chi connectivity index (χ2v) is 7.92. The molecule has 21 heavy (non-hydrogen) atoms. The lowest BCUT2D eigenvalue weighted by Crippen LogP contribution is -2.46. The zero-order valence-corrected chi connectivity index (χ0v) is 14.0. The highest BCUT2D eigenvalue weighted by Gasteiger charge is 2.44. The van der Waals surface area contributed by atoms with Gasteiger partial charge < -0.3 is 15.8 Å². The van der Waals surface area contributed by atoms with Gasteiger partial charge in [-0.1, -0.05) is 20.8 Å². The van der Waals surface area contributed by atoms with Gasteiger partial charge in [0.25, 0.3) is 0 Å². The molecule has 1 unspecified atom stereocenters. The average Bonchev–Trinajstić information content (AvgIpc) is 2.29. The smallest absolute Gasteiger partial charge is 0.407 e. The van der Waals surface area contributed by atoms with E-state index >= 15 is 0 Å². The van der Waals surface area contributed by atoms with Crippen molar-refractivity contribution in [3.05, 3.63) is 11.8 Å². The number of ether oxygens (including phenoxy) is 1. The molecule has 1 fully saturated rings. The van der Waals surface area contributed by atoms with E-state index in [1.807, 2.05) is 34.6 Å². The summed E-state index contributed by atoms with van der Waals surface area (Å²) in [5, 5.41) is 2.81. The van der Waals surface area contributed by atoms with Crippen molar-refractivity contribution in [2.75, 3.05) is 6.54 Å². The average molecular weight is 296 g/mol. The molecule has 1 aliphatic carbocycles. The standard InChI is InChI=1S/C16H28N2O3/c1-14(2,3)21-13(20)18-10-16(6)7-11(8-17)12(19)15(4,5)9-16/h8H,7,9-10,17H2,1-6H3,(H,18,20)/b11-8-. The molecule has 1 aliphatic rings. The number of alkyl carbamates (subject to hydrolysis) is 1. The number of ketones is 1. The van der Waals surface area contributed by atoms with Crippen molar-refractivity contribution in [3.63, 3.8) is 0 Å². The second kappa shape index (κ2) is 5.70. The molecule has 120 valence electrons. The van der Waals surface area contributed by atoms with Crippen LogP contribution in [0.2, 0.25) is 0 Å². The minimum absolute atomic E-state index is 0.0970. The monoisotopic (exact) mass is 296 g/mol. The maximum absolute atomic E-state index is 12.2. The number of hydrogen-bond acceptors (Lipinski definition) is 4. The topological polar surface area (TPSA) is 81.4 Å². The van der Waals surface area contributed by atoms with Crippen LogP contribution in [0.25, 0.3) is 0 Å². The maximum Gasteiger partial charge on any atom is 0.407 e. The first-order valence-electron chi connectivity index (χ1n) is 7.31. The normalized spacial score (nSPS) is 27.5. The molecule has 0 saturated heterocycles. The van der Waals surface area contributed by atoms with Gasteiger partial charge in [0.05, 0.1) is 0 Å². The summed E-state index contributed by atoms with van der Waals surface area (Å²) >= 11 is 0. The van der Waals surface area contributed by atoms with Gasteiger partial charge in [-0.05, 0) is 39.0 Å². The molecule has 0 aromatic heterocycles. The first-order valence-corrected chi connectivity index (χ1v) is 7.31. The number of amides is 1. The molecular formula is C16H28N2O3. The Hall–Kier alpha value is -1.52. The third-order valence-corrected chi connectivity index (χ3v) is 3.65. The molecule has 1 saturated carbocycles. The van der Waals surface area contributed by atoms with Gasteiger partial charge in [-0.2, -0.15) is 0 Å². The van der Waals surface area contributed by atoms with Crippen LogP contribution in [0.5, 0.6) is 0 Å². The predicted octanol–water partition coefficient (Wildman–Crippen LogP) is 2.75. The van der Waals surface area contributed by atoms with Crippen LogP contribution in [0.15, 0.2) is 11.8 Å². The fourth-order valence-corrected chi connectivity index (χ4v) is 3.04. The first-order chi connectivity index (χ1) is 9.38. The molecule has 0 aromatic rings. The van der Waals surface area contributed by atoms with Gasteiger partial charge in [-0.15, -0.1) is 0 Å². The van der Waals surface area contributed by atoms with E-state index in [0.717, 1.165) is 0 Å². The lowest BCUT2D eigenvalue weighted by molar-refractivity contribution is -0.127. The molecule has 0 spiro atoms. The van der Waals surface area contributed by atoms with Crippen LogP contribution < -0.4 is 11.1 Å². The summed E-state index contributed by atoms with van der Waals surface area (Å²) in [7, 11) is 0. The van der Waals surface area contributed by atoms with E-state index in [2.05, 4.69) is 12.2 Å².